The van der Waals surface area contributed by atoms with Gasteiger partial charge in [-0.1, -0.05) is 36.0 Å². The molecule has 0 unspecified atom stereocenters. The SMILES string of the molecule is C=C1C(=O)O[C@@H]2[C@H]3C(C)=CCC3=C(C)C[C@@H](OC(=O)/C(=C/CO)COC(=O)C(=C)[C@H](O)CO)[C@@H]12. The first-order chi connectivity index (χ1) is 16.1. The average Bonchev–Trinajstić information content (AvgIpc) is 3.29. The molecule has 2 aliphatic carbocycles. The van der Waals surface area contributed by atoms with E-state index in [1.165, 1.54) is 0 Å². The van der Waals surface area contributed by atoms with E-state index in [0.717, 1.165) is 29.2 Å². The molecule has 0 aromatic carbocycles. The lowest BCUT2D eigenvalue weighted by Crippen LogP contribution is -2.36. The Hall–Kier alpha value is -3.01. The van der Waals surface area contributed by atoms with Crippen LogP contribution in [0.4, 0.5) is 0 Å². The fourth-order valence-electron chi connectivity index (χ4n) is 4.70. The monoisotopic (exact) mass is 474 g/mol. The summed E-state index contributed by atoms with van der Waals surface area (Å²) in [7, 11) is 0. The Bertz CT molecular complexity index is 1000. The van der Waals surface area contributed by atoms with Crippen molar-refractivity contribution in [1.29, 1.82) is 0 Å². The van der Waals surface area contributed by atoms with Gasteiger partial charge in [0.15, 0.2) is 0 Å². The zero-order valence-electron chi connectivity index (χ0n) is 19.3. The van der Waals surface area contributed by atoms with Crippen molar-refractivity contribution in [1.82, 2.24) is 0 Å². The van der Waals surface area contributed by atoms with E-state index in [9.17, 15) is 24.6 Å². The zero-order chi connectivity index (χ0) is 25.2. The standard InChI is InChI=1S/C25H30O9/c1-12-5-6-17-13(2)9-19(21-15(4)24(30)34-22(21)20(12)17)33-25(31)16(7-8-26)11-32-23(29)14(3)18(28)10-27/h5,7,18-22,26-28H,3-4,6,8-11H2,1-2H3/b16-7+/t18-,19-,20+,21-,22-/m1/s1. The maximum absolute atomic E-state index is 13.0. The number of fused-ring (bicyclic) bond motifs is 3. The number of hydrogen-bond donors (Lipinski definition) is 3. The van der Waals surface area contributed by atoms with Gasteiger partial charge in [0.25, 0.3) is 0 Å². The van der Waals surface area contributed by atoms with Crippen LogP contribution in [0.25, 0.3) is 0 Å². The molecule has 3 N–H and O–H groups in total. The third kappa shape index (κ3) is 4.91. The van der Waals surface area contributed by atoms with Crippen LogP contribution in [-0.2, 0) is 28.6 Å². The molecule has 0 amide bonds. The van der Waals surface area contributed by atoms with Crippen molar-refractivity contribution in [2.45, 2.75) is 45.0 Å². The van der Waals surface area contributed by atoms with Crippen LogP contribution in [0.5, 0.6) is 0 Å². The van der Waals surface area contributed by atoms with Gasteiger partial charge in [0, 0.05) is 17.9 Å². The molecule has 0 bridgehead atoms. The van der Waals surface area contributed by atoms with Gasteiger partial charge in [-0.15, -0.1) is 0 Å². The molecule has 3 aliphatic rings. The van der Waals surface area contributed by atoms with Gasteiger partial charge in [0.1, 0.15) is 24.9 Å². The number of carbonyl (C=O) groups excluding carboxylic acids is 3. The molecule has 5 atom stereocenters. The van der Waals surface area contributed by atoms with E-state index < -0.39 is 62.0 Å². The first-order valence-corrected chi connectivity index (χ1v) is 11.0. The molecule has 0 saturated carbocycles. The van der Waals surface area contributed by atoms with Gasteiger partial charge < -0.3 is 29.5 Å². The van der Waals surface area contributed by atoms with Crippen molar-refractivity contribution < 1.29 is 43.9 Å². The molecule has 0 spiro atoms. The van der Waals surface area contributed by atoms with E-state index in [1.807, 2.05) is 13.8 Å². The molecule has 3 rings (SSSR count). The van der Waals surface area contributed by atoms with E-state index in [2.05, 4.69) is 19.2 Å². The summed E-state index contributed by atoms with van der Waals surface area (Å²) in [5.74, 6) is -2.99. The topological polar surface area (TPSA) is 140 Å². The summed E-state index contributed by atoms with van der Waals surface area (Å²) in [6.07, 6.45) is 1.60. The minimum absolute atomic E-state index is 0.0886. The number of hydrogen-bond acceptors (Lipinski definition) is 9. The van der Waals surface area contributed by atoms with Crippen LogP contribution in [0.2, 0.25) is 0 Å². The predicted molar refractivity (Wildman–Crippen MR) is 120 cm³/mol. The lowest BCUT2D eigenvalue weighted by molar-refractivity contribution is -0.149. The van der Waals surface area contributed by atoms with Crippen LogP contribution < -0.4 is 0 Å². The Morgan fingerprint density at radius 2 is 2.00 bits per heavy atom. The van der Waals surface area contributed by atoms with Gasteiger partial charge in [-0.3, -0.25) is 0 Å². The molecule has 0 aromatic rings. The highest BCUT2D eigenvalue weighted by Gasteiger charge is 2.52. The second-order valence-electron chi connectivity index (χ2n) is 8.72. The number of rotatable bonds is 8. The summed E-state index contributed by atoms with van der Waals surface area (Å²) < 4.78 is 16.4. The smallest absolute Gasteiger partial charge is 0.337 e. The largest absolute Gasteiger partial charge is 0.458 e. The molecule has 1 aliphatic heterocycles. The third-order valence-corrected chi connectivity index (χ3v) is 6.61. The quantitative estimate of drug-likeness (QED) is 0.204. The zero-order valence-corrected chi connectivity index (χ0v) is 19.3. The molecule has 0 radical (unpaired) electrons. The molecule has 1 saturated heterocycles. The van der Waals surface area contributed by atoms with Crippen LogP contribution >= 0.6 is 0 Å². The molecular formula is C25H30O9. The second kappa shape index (κ2) is 10.5. The maximum atomic E-state index is 13.0. The van der Waals surface area contributed by atoms with Gasteiger partial charge >= 0.3 is 17.9 Å². The summed E-state index contributed by atoms with van der Waals surface area (Å²) >= 11 is 0. The van der Waals surface area contributed by atoms with E-state index in [-0.39, 0.29) is 22.6 Å². The molecule has 0 aromatic heterocycles. The number of allylic oxidation sites excluding steroid dienone is 1. The first-order valence-electron chi connectivity index (χ1n) is 11.0. The number of ether oxygens (including phenoxy) is 3. The van der Waals surface area contributed by atoms with Gasteiger partial charge in [-0.05, 0) is 26.3 Å². The van der Waals surface area contributed by atoms with Crippen LogP contribution in [-0.4, -0.2) is 71.4 Å². The Morgan fingerprint density at radius 3 is 2.65 bits per heavy atom. The average molecular weight is 475 g/mol. The molecule has 1 fully saturated rings. The van der Waals surface area contributed by atoms with Crippen molar-refractivity contribution in [3.05, 3.63) is 58.7 Å². The minimum atomic E-state index is -1.49. The Labute approximate surface area is 197 Å². The number of carbonyl (C=O) groups is 3. The summed E-state index contributed by atoms with van der Waals surface area (Å²) in [4.78, 5) is 37.4. The van der Waals surface area contributed by atoms with Crippen LogP contribution in [0.1, 0.15) is 26.7 Å². The lowest BCUT2D eigenvalue weighted by atomic mass is 9.82. The van der Waals surface area contributed by atoms with Crippen LogP contribution in [0.15, 0.2) is 58.7 Å². The van der Waals surface area contributed by atoms with E-state index in [1.54, 1.807) is 0 Å². The molecule has 1 heterocycles. The highest BCUT2D eigenvalue weighted by atomic mass is 16.6. The highest BCUT2D eigenvalue weighted by molar-refractivity contribution is 5.93. The summed E-state index contributed by atoms with van der Waals surface area (Å²) in [6, 6.07) is 0. The highest BCUT2D eigenvalue weighted by Crippen LogP contribution is 2.49. The van der Waals surface area contributed by atoms with Crippen molar-refractivity contribution in [3.63, 3.8) is 0 Å². The van der Waals surface area contributed by atoms with Gasteiger partial charge in [-0.25, -0.2) is 14.4 Å². The summed E-state index contributed by atoms with van der Waals surface area (Å²) in [6.45, 7) is 9.43. The molecule has 184 valence electrons. The summed E-state index contributed by atoms with van der Waals surface area (Å²) in [5, 5.41) is 27.8. The lowest BCUT2D eigenvalue weighted by Gasteiger charge is -2.28. The summed E-state index contributed by atoms with van der Waals surface area (Å²) in [5.41, 5.74) is 3.03. The van der Waals surface area contributed by atoms with Gasteiger partial charge in [0.2, 0.25) is 0 Å². The molecule has 9 heteroatoms. The van der Waals surface area contributed by atoms with Gasteiger partial charge in [0.05, 0.1) is 30.3 Å². The van der Waals surface area contributed by atoms with E-state index >= 15 is 0 Å². The minimum Gasteiger partial charge on any atom is -0.458 e. The third-order valence-electron chi connectivity index (χ3n) is 6.61. The normalized spacial score (nSPS) is 27.3. The first kappa shape index (κ1) is 25.6. The second-order valence-corrected chi connectivity index (χ2v) is 8.72. The van der Waals surface area contributed by atoms with E-state index in [4.69, 9.17) is 19.3 Å². The van der Waals surface area contributed by atoms with Crippen molar-refractivity contribution >= 4 is 17.9 Å². The molecular weight excluding hydrogens is 444 g/mol. The number of esters is 3. The number of aliphatic hydroxyl groups is 3. The van der Waals surface area contributed by atoms with Crippen LogP contribution in [0, 0.1) is 11.8 Å². The fraction of sp³-hybridized carbons (Fsp3) is 0.480. The van der Waals surface area contributed by atoms with E-state index in [0.29, 0.717) is 6.42 Å². The Morgan fingerprint density at radius 1 is 1.29 bits per heavy atom. The predicted octanol–water partition coefficient (Wildman–Crippen LogP) is 1.05. The van der Waals surface area contributed by atoms with Gasteiger partial charge in [-0.2, -0.15) is 0 Å². The fourth-order valence-corrected chi connectivity index (χ4v) is 4.70. The van der Waals surface area contributed by atoms with Crippen molar-refractivity contribution in [3.8, 4) is 0 Å². The molecule has 9 nitrogen and oxygen atoms in total. The van der Waals surface area contributed by atoms with Crippen LogP contribution in [0.3, 0.4) is 0 Å². The Balaban J connectivity index is 1.78. The molecule has 34 heavy (non-hydrogen) atoms. The maximum Gasteiger partial charge on any atom is 0.337 e. The van der Waals surface area contributed by atoms with Crippen molar-refractivity contribution in [2.75, 3.05) is 19.8 Å². The number of aliphatic hydroxyl groups excluding tert-OH is 3. The van der Waals surface area contributed by atoms with Crippen molar-refractivity contribution in [2.24, 2.45) is 11.8 Å². The Kier molecular flexibility index (Phi) is 7.91.